The highest BCUT2D eigenvalue weighted by molar-refractivity contribution is 7.07. The Morgan fingerprint density at radius 2 is 2.13 bits per heavy atom. The fourth-order valence-corrected chi connectivity index (χ4v) is 4.85. The zero-order valence-corrected chi connectivity index (χ0v) is 18.0. The predicted octanol–water partition coefficient (Wildman–Crippen LogP) is 4.54. The minimum absolute atomic E-state index is 0.127. The summed E-state index contributed by atoms with van der Waals surface area (Å²) in [5.41, 5.74) is 2.81. The van der Waals surface area contributed by atoms with Crippen LogP contribution in [0.4, 0.5) is 0 Å². The van der Waals surface area contributed by atoms with Crippen LogP contribution in [0.5, 0.6) is 5.75 Å². The van der Waals surface area contributed by atoms with E-state index >= 15 is 0 Å². The second-order valence-electron chi connectivity index (χ2n) is 7.68. The lowest BCUT2D eigenvalue weighted by Gasteiger charge is -2.37. The quantitative estimate of drug-likeness (QED) is 0.609. The van der Waals surface area contributed by atoms with Crippen LogP contribution >= 0.6 is 11.3 Å². The number of benzene rings is 1. The number of rotatable bonds is 7. The minimum atomic E-state index is -0.145. The summed E-state index contributed by atoms with van der Waals surface area (Å²) in [5.74, 6) is 0.751. The van der Waals surface area contributed by atoms with E-state index in [9.17, 15) is 4.79 Å². The number of thiophene rings is 1. The van der Waals surface area contributed by atoms with Crippen molar-refractivity contribution >= 4 is 17.2 Å². The first kappa shape index (κ1) is 20.6. The molecule has 1 fully saturated rings. The molecule has 3 aromatic rings. The Kier molecular flexibility index (Phi) is 6.77. The molecule has 1 saturated heterocycles. The largest absolute Gasteiger partial charge is 0.496 e. The summed E-state index contributed by atoms with van der Waals surface area (Å²) in [6.45, 7) is 2.97. The van der Waals surface area contributed by atoms with Crippen LogP contribution in [-0.2, 0) is 6.54 Å². The van der Waals surface area contributed by atoms with E-state index in [4.69, 9.17) is 4.74 Å². The number of hydrogen-bond acceptors (Lipinski definition) is 5. The number of hydrogen-bond donors (Lipinski definition) is 1. The normalized spacial score (nSPS) is 18.0. The van der Waals surface area contributed by atoms with Crippen LogP contribution in [0.2, 0.25) is 0 Å². The zero-order chi connectivity index (χ0) is 20.8. The Labute approximate surface area is 181 Å². The van der Waals surface area contributed by atoms with Crippen molar-refractivity contribution in [3.05, 3.63) is 82.3 Å². The molecule has 1 aliphatic rings. The van der Waals surface area contributed by atoms with Gasteiger partial charge in [0.25, 0.3) is 5.91 Å². The van der Waals surface area contributed by atoms with E-state index in [1.54, 1.807) is 30.7 Å². The van der Waals surface area contributed by atoms with Crippen LogP contribution in [-0.4, -0.2) is 36.0 Å². The summed E-state index contributed by atoms with van der Waals surface area (Å²) in [4.78, 5) is 20.2. The molecule has 3 heterocycles. The number of ether oxygens (including phenoxy) is 1. The van der Waals surface area contributed by atoms with Gasteiger partial charge in [-0.25, -0.2) is 0 Å². The molecule has 2 aromatic heterocycles. The fraction of sp³-hybridized carbons (Fsp3) is 0.333. The van der Waals surface area contributed by atoms with Gasteiger partial charge >= 0.3 is 0 Å². The van der Waals surface area contributed by atoms with Gasteiger partial charge in [-0.2, -0.15) is 11.3 Å². The summed E-state index contributed by atoms with van der Waals surface area (Å²) >= 11 is 1.74. The molecule has 1 aromatic carbocycles. The summed E-state index contributed by atoms with van der Waals surface area (Å²) in [7, 11) is 1.59. The molecule has 0 unspecified atom stereocenters. The van der Waals surface area contributed by atoms with Gasteiger partial charge in [-0.15, -0.1) is 0 Å². The van der Waals surface area contributed by atoms with Gasteiger partial charge in [-0.05, 0) is 72.0 Å². The third kappa shape index (κ3) is 4.89. The Balaban J connectivity index is 1.55. The lowest BCUT2D eigenvalue weighted by Crippen LogP contribution is -2.43. The van der Waals surface area contributed by atoms with E-state index < -0.39 is 0 Å². The fourth-order valence-electron chi connectivity index (χ4n) is 4.19. The maximum atomic E-state index is 13.2. The highest BCUT2D eigenvalue weighted by atomic mass is 32.1. The number of carbonyl (C=O) groups excluding carboxylic acids is 1. The van der Waals surface area contributed by atoms with E-state index in [1.165, 1.54) is 5.56 Å². The van der Waals surface area contributed by atoms with Crippen LogP contribution in [0.1, 0.15) is 40.5 Å². The van der Waals surface area contributed by atoms with E-state index in [2.05, 4.69) is 32.0 Å². The SMILES string of the molecule is COc1ccccc1C(=O)N[C@@H](c1ccccn1)[C@H]1CCCN(Cc2ccsc2)C1. The number of piperidine rings is 1. The van der Waals surface area contributed by atoms with E-state index in [-0.39, 0.29) is 11.9 Å². The molecule has 6 heteroatoms. The lowest BCUT2D eigenvalue weighted by molar-refractivity contribution is 0.0872. The number of likely N-dealkylation sites (tertiary alicyclic amines) is 1. The first-order valence-electron chi connectivity index (χ1n) is 10.3. The van der Waals surface area contributed by atoms with Gasteiger partial charge in [0.1, 0.15) is 5.75 Å². The highest BCUT2D eigenvalue weighted by Crippen LogP contribution is 2.31. The Morgan fingerprint density at radius 1 is 1.27 bits per heavy atom. The second-order valence-corrected chi connectivity index (χ2v) is 8.46. The van der Waals surface area contributed by atoms with Crippen LogP contribution in [0.3, 0.4) is 0 Å². The predicted molar refractivity (Wildman–Crippen MR) is 120 cm³/mol. The topological polar surface area (TPSA) is 54.5 Å². The number of aromatic nitrogens is 1. The average Bonchev–Trinajstić information content (AvgIpc) is 3.31. The molecule has 1 N–H and O–H groups in total. The molecule has 0 spiro atoms. The maximum absolute atomic E-state index is 13.2. The Morgan fingerprint density at radius 3 is 2.90 bits per heavy atom. The number of carbonyl (C=O) groups is 1. The second kappa shape index (κ2) is 9.87. The van der Waals surface area contributed by atoms with Crippen molar-refractivity contribution < 1.29 is 9.53 Å². The van der Waals surface area contributed by atoms with E-state index in [0.29, 0.717) is 17.2 Å². The molecule has 0 bridgehead atoms. The van der Waals surface area contributed by atoms with Gasteiger partial charge in [-0.1, -0.05) is 18.2 Å². The maximum Gasteiger partial charge on any atom is 0.255 e. The molecule has 5 nitrogen and oxygen atoms in total. The van der Waals surface area contributed by atoms with Crippen LogP contribution < -0.4 is 10.1 Å². The summed E-state index contributed by atoms with van der Waals surface area (Å²) in [5, 5.41) is 7.60. The molecule has 0 saturated carbocycles. The summed E-state index contributed by atoms with van der Waals surface area (Å²) in [6.07, 6.45) is 3.97. The van der Waals surface area contributed by atoms with E-state index in [1.807, 2.05) is 36.4 Å². The third-order valence-corrected chi connectivity index (χ3v) is 6.38. The van der Waals surface area contributed by atoms with Crippen molar-refractivity contribution in [3.8, 4) is 5.75 Å². The van der Waals surface area contributed by atoms with Crippen molar-refractivity contribution in [2.75, 3.05) is 20.2 Å². The number of methoxy groups -OCH3 is 1. The van der Waals surface area contributed by atoms with Crippen molar-refractivity contribution in [3.63, 3.8) is 0 Å². The minimum Gasteiger partial charge on any atom is -0.496 e. The van der Waals surface area contributed by atoms with Crippen molar-refractivity contribution in [2.24, 2.45) is 5.92 Å². The van der Waals surface area contributed by atoms with Crippen molar-refractivity contribution in [2.45, 2.75) is 25.4 Å². The molecule has 1 amide bonds. The molecule has 156 valence electrons. The molecule has 1 aliphatic heterocycles. The highest BCUT2D eigenvalue weighted by Gasteiger charge is 2.31. The lowest BCUT2D eigenvalue weighted by atomic mass is 9.88. The average molecular weight is 422 g/mol. The molecular formula is C24H27N3O2S. The third-order valence-electron chi connectivity index (χ3n) is 5.64. The Hall–Kier alpha value is -2.70. The van der Waals surface area contributed by atoms with Gasteiger partial charge in [-0.3, -0.25) is 14.7 Å². The summed E-state index contributed by atoms with van der Waals surface area (Å²) in [6, 6.07) is 15.3. The van der Waals surface area contributed by atoms with Crippen LogP contribution in [0, 0.1) is 5.92 Å². The van der Waals surface area contributed by atoms with Gasteiger partial charge < -0.3 is 10.1 Å². The molecule has 4 rings (SSSR count). The van der Waals surface area contributed by atoms with Gasteiger partial charge in [0.15, 0.2) is 0 Å². The van der Waals surface area contributed by atoms with Crippen molar-refractivity contribution in [1.29, 1.82) is 0 Å². The number of para-hydroxylation sites is 1. The molecule has 2 atom stereocenters. The molecular weight excluding hydrogens is 394 g/mol. The number of amides is 1. The van der Waals surface area contributed by atoms with Gasteiger partial charge in [0.05, 0.1) is 24.4 Å². The first-order chi connectivity index (χ1) is 14.7. The zero-order valence-electron chi connectivity index (χ0n) is 17.2. The van der Waals surface area contributed by atoms with E-state index in [0.717, 1.165) is 38.2 Å². The molecule has 0 aliphatic carbocycles. The van der Waals surface area contributed by atoms with Crippen LogP contribution in [0.25, 0.3) is 0 Å². The van der Waals surface area contributed by atoms with Crippen molar-refractivity contribution in [1.82, 2.24) is 15.2 Å². The van der Waals surface area contributed by atoms with Gasteiger partial charge in [0, 0.05) is 19.3 Å². The first-order valence-corrected chi connectivity index (χ1v) is 11.3. The Bertz CT molecular complexity index is 946. The van der Waals surface area contributed by atoms with Gasteiger partial charge in [0.2, 0.25) is 0 Å². The number of nitrogens with one attached hydrogen (secondary N) is 1. The standard InChI is InChI=1S/C24H27N3O2S/c1-29-22-10-3-2-8-20(22)24(28)26-23(21-9-4-5-12-25-21)19-7-6-13-27(16-19)15-18-11-14-30-17-18/h2-5,8-12,14,17,19,23H,6-7,13,15-16H2,1H3,(H,26,28)/t19-,23+/m0/s1. The number of nitrogens with zero attached hydrogens (tertiary/aromatic N) is 2. The molecule has 30 heavy (non-hydrogen) atoms. The smallest absolute Gasteiger partial charge is 0.255 e. The monoisotopic (exact) mass is 421 g/mol. The number of pyridine rings is 1. The molecule has 0 radical (unpaired) electrons. The van der Waals surface area contributed by atoms with Crippen LogP contribution in [0.15, 0.2) is 65.5 Å². The summed E-state index contributed by atoms with van der Waals surface area (Å²) < 4.78 is 5.39.